The van der Waals surface area contributed by atoms with Gasteiger partial charge in [-0.05, 0) is 86.9 Å². The summed E-state index contributed by atoms with van der Waals surface area (Å²) in [7, 11) is 0. The number of furan rings is 2. The monoisotopic (exact) mass is 677 g/mol. The molecule has 11 aromatic rings. The van der Waals surface area contributed by atoms with Crippen molar-refractivity contribution in [2.45, 2.75) is 0 Å². The lowest BCUT2D eigenvalue weighted by Gasteiger charge is -2.26. The predicted octanol–water partition coefficient (Wildman–Crippen LogP) is 14.6. The van der Waals surface area contributed by atoms with Crippen molar-refractivity contribution in [2.75, 3.05) is 4.90 Å². The Morgan fingerprint density at radius 3 is 1.66 bits per heavy atom. The summed E-state index contributed by atoms with van der Waals surface area (Å²) < 4.78 is 13.1. The zero-order valence-electron chi connectivity index (χ0n) is 28.7. The van der Waals surface area contributed by atoms with Crippen molar-refractivity contribution >= 4 is 82.5 Å². The van der Waals surface area contributed by atoms with Gasteiger partial charge in [0.25, 0.3) is 0 Å². The minimum Gasteiger partial charge on any atom is -0.456 e. The number of para-hydroxylation sites is 2. The van der Waals surface area contributed by atoms with E-state index in [1.54, 1.807) is 0 Å². The van der Waals surface area contributed by atoms with Gasteiger partial charge in [-0.3, -0.25) is 0 Å². The lowest BCUT2D eigenvalue weighted by molar-refractivity contribution is 0.669. The fourth-order valence-electron chi connectivity index (χ4n) is 8.19. The molecule has 53 heavy (non-hydrogen) atoms. The molecule has 0 bridgehead atoms. The molecule has 3 nitrogen and oxygen atoms in total. The maximum Gasteiger partial charge on any atom is 0.159 e. The summed E-state index contributed by atoms with van der Waals surface area (Å²) in [6, 6.07) is 66.7. The Morgan fingerprint density at radius 1 is 0.321 bits per heavy atom. The van der Waals surface area contributed by atoms with Gasteiger partial charge in [-0.1, -0.05) is 140 Å². The molecule has 0 unspecified atom stereocenters. The molecule has 248 valence electrons. The van der Waals surface area contributed by atoms with E-state index in [1.807, 2.05) is 18.2 Å². The van der Waals surface area contributed by atoms with Gasteiger partial charge in [0.05, 0.1) is 5.69 Å². The van der Waals surface area contributed by atoms with Crippen molar-refractivity contribution in [2.24, 2.45) is 0 Å². The molecule has 0 spiro atoms. The average molecular weight is 678 g/mol. The van der Waals surface area contributed by atoms with Crippen molar-refractivity contribution in [1.29, 1.82) is 0 Å². The SMILES string of the molecule is c1ccc2c(-c3ccc(N(c4ccc(-c5cccc6oc7ccccc7c56)cc4)c4cccc5c4oc4c6ccccc6ccc54)cc3)cccc2c1. The summed E-state index contributed by atoms with van der Waals surface area (Å²) in [5.74, 6) is 0. The first kappa shape index (κ1) is 29.6. The molecule has 11 rings (SSSR count). The molecule has 0 aliphatic carbocycles. The molecule has 0 saturated carbocycles. The molecule has 0 fully saturated rings. The molecule has 0 aliphatic rings. The normalized spacial score (nSPS) is 11.8. The Bertz CT molecular complexity index is 3160. The lowest BCUT2D eigenvalue weighted by atomic mass is 9.97. The van der Waals surface area contributed by atoms with Crippen LogP contribution in [0.15, 0.2) is 197 Å². The van der Waals surface area contributed by atoms with Gasteiger partial charge < -0.3 is 13.7 Å². The predicted molar refractivity (Wildman–Crippen MR) is 222 cm³/mol. The number of nitrogens with zero attached hydrogens (tertiary/aromatic N) is 1. The van der Waals surface area contributed by atoms with Gasteiger partial charge in [-0.2, -0.15) is 0 Å². The van der Waals surface area contributed by atoms with Crippen LogP contribution in [0.25, 0.3) is 87.7 Å². The summed E-state index contributed by atoms with van der Waals surface area (Å²) in [4.78, 5) is 2.32. The van der Waals surface area contributed by atoms with Gasteiger partial charge in [-0.15, -0.1) is 0 Å². The first-order valence-electron chi connectivity index (χ1n) is 18.0. The first-order valence-corrected chi connectivity index (χ1v) is 18.0. The fourth-order valence-corrected chi connectivity index (χ4v) is 8.19. The van der Waals surface area contributed by atoms with E-state index in [-0.39, 0.29) is 0 Å². The second-order valence-corrected chi connectivity index (χ2v) is 13.7. The minimum absolute atomic E-state index is 0.857. The van der Waals surface area contributed by atoms with Gasteiger partial charge in [0.15, 0.2) is 5.58 Å². The Kier molecular flexibility index (Phi) is 6.55. The Hall–Kier alpha value is -7.10. The smallest absolute Gasteiger partial charge is 0.159 e. The third-order valence-electron chi connectivity index (χ3n) is 10.7. The number of hydrogen-bond donors (Lipinski definition) is 0. The van der Waals surface area contributed by atoms with Crippen molar-refractivity contribution in [3.8, 4) is 22.3 Å². The third kappa shape index (κ3) is 4.68. The molecule has 2 aromatic heterocycles. The fraction of sp³-hybridized carbons (Fsp3) is 0. The average Bonchev–Trinajstić information content (AvgIpc) is 3.81. The quantitative estimate of drug-likeness (QED) is 0.182. The maximum absolute atomic E-state index is 6.88. The van der Waals surface area contributed by atoms with E-state index >= 15 is 0 Å². The highest BCUT2D eigenvalue weighted by Crippen LogP contribution is 2.45. The van der Waals surface area contributed by atoms with Crippen LogP contribution in [0.3, 0.4) is 0 Å². The topological polar surface area (TPSA) is 29.5 Å². The lowest BCUT2D eigenvalue weighted by Crippen LogP contribution is -2.10. The highest BCUT2D eigenvalue weighted by molar-refractivity contribution is 6.18. The number of benzene rings is 9. The molecule has 0 amide bonds. The van der Waals surface area contributed by atoms with Crippen LogP contribution < -0.4 is 4.90 Å². The van der Waals surface area contributed by atoms with Crippen molar-refractivity contribution < 1.29 is 8.83 Å². The van der Waals surface area contributed by atoms with Crippen LogP contribution in [0.1, 0.15) is 0 Å². The van der Waals surface area contributed by atoms with Gasteiger partial charge in [0.2, 0.25) is 0 Å². The second-order valence-electron chi connectivity index (χ2n) is 13.7. The summed E-state index contributed by atoms with van der Waals surface area (Å²) in [5, 5.41) is 9.23. The highest BCUT2D eigenvalue weighted by atomic mass is 16.3. The van der Waals surface area contributed by atoms with Gasteiger partial charge in [-0.25, -0.2) is 0 Å². The summed E-state index contributed by atoms with van der Waals surface area (Å²) in [6.07, 6.45) is 0. The van der Waals surface area contributed by atoms with Crippen LogP contribution >= 0.6 is 0 Å². The molecule has 9 aromatic carbocycles. The summed E-state index contributed by atoms with van der Waals surface area (Å²) >= 11 is 0. The first-order chi connectivity index (χ1) is 26.3. The van der Waals surface area contributed by atoms with Crippen LogP contribution in [0.5, 0.6) is 0 Å². The molecule has 0 N–H and O–H groups in total. The maximum atomic E-state index is 6.88. The van der Waals surface area contributed by atoms with E-state index in [0.717, 1.165) is 82.8 Å². The third-order valence-corrected chi connectivity index (χ3v) is 10.7. The van der Waals surface area contributed by atoms with E-state index in [2.05, 4.69) is 175 Å². The highest BCUT2D eigenvalue weighted by Gasteiger charge is 2.21. The van der Waals surface area contributed by atoms with E-state index in [9.17, 15) is 0 Å². The number of hydrogen-bond acceptors (Lipinski definition) is 3. The largest absolute Gasteiger partial charge is 0.456 e. The number of fused-ring (bicyclic) bond motifs is 9. The van der Waals surface area contributed by atoms with E-state index in [4.69, 9.17) is 8.83 Å². The summed E-state index contributed by atoms with van der Waals surface area (Å²) in [5.41, 5.74) is 11.3. The Balaban J connectivity index is 1.09. The van der Waals surface area contributed by atoms with Crippen LogP contribution in [0.4, 0.5) is 17.1 Å². The van der Waals surface area contributed by atoms with Crippen molar-refractivity contribution in [1.82, 2.24) is 0 Å². The zero-order valence-corrected chi connectivity index (χ0v) is 28.7. The molecular formula is C50H31NO2. The molecule has 2 heterocycles. The Morgan fingerprint density at radius 2 is 0.868 bits per heavy atom. The molecule has 3 heteroatoms. The standard InChI is InChI=1S/C50H31NO2/c1-3-13-38-32(10-1)12-7-16-39(38)34-22-27-36(28-23-34)51(45-19-8-18-42-43-31-26-33-11-2-4-14-41(33)49(43)53-50(42)45)37-29-24-35(25-30-37)40-17-9-21-47-48(40)44-15-5-6-20-46(44)52-47/h1-31H. The molecule has 0 aliphatic heterocycles. The molecule has 0 saturated heterocycles. The van der Waals surface area contributed by atoms with Crippen molar-refractivity contribution in [3.63, 3.8) is 0 Å². The molecular weight excluding hydrogens is 647 g/mol. The summed E-state index contributed by atoms with van der Waals surface area (Å²) in [6.45, 7) is 0. The molecule has 0 atom stereocenters. The molecule has 0 radical (unpaired) electrons. The van der Waals surface area contributed by atoms with Crippen LogP contribution in [0.2, 0.25) is 0 Å². The van der Waals surface area contributed by atoms with E-state index in [0.29, 0.717) is 0 Å². The zero-order chi connectivity index (χ0) is 34.9. The van der Waals surface area contributed by atoms with Gasteiger partial charge >= 0.3 is 0 Å². The number of rotatable bonds is 5. The second kappa shape index (κ2) is 11.7. The van der Waals surface area contributed by atoms with Gasteiger partial charge in [0, 0.05) is 38.3 Å². The van der Waals surface area contributed by atoms with E-state index in [1.165, 1.54) is 21.9 Å². The van der Waals surface area contributed by atoms with Crippen LogP contribution in [-0.2, 0) is 0 Å². The van der Waals surface area contributed by atoms with Crippen LogP contribution in [-0.4, -0.2) is 0 Å². The minimum atomic E-state index is 0.857. The number of anilines is 3. The van der Waals surface area contributed by atoms with Crippen molar-refractivity contribution in [3.05, 3.63) is 188 Å². The van der Waals surface area contributed by atoms with Gasteiger partial charge in [0.1, 0.15) is 16.7 Å². The Labute approximate surface area is 305 Å². The van der Waals surface area contributed by atoms with E-state index < -0.39 is 0 Å². The van der Waals surface area contributed by atoms with Crippen LogP contribution in [0, 0.1) is 0 Å².